The number of likely N-dealkylation sites (N-methyl/N-ethyl adjacent to an activating group) is 1. The van der Waals surface area contributed by atoms with Crippen molar-refractivity contribution in [1.29, 1.82) is 0 Å². The van der Waals surface area contributed by atoms with E-state index in [1.54, 1.807) is 37.4 Å². The number of anilines is 2. The van der Waals surface area contributed by atoms with Crippen LogP contribution in [0.25, 0.3) is 0 Å². The summed E-state index contributed by atoms with van der Waals surface area (Å²) in [6.07, 6.45) is -1.18. The molecule has 0 aromatic heterocycles. The highest BCUT2D eigenvalue weighted by Crippen LogP contribution is 2.27. The molecule has 0 bridgehead atoms. The summed E-state index contributed by atoms with van der Waals surface area (Å²) in [6.45, 7) is 2.09. The Morgan fingerprint density at radius 1 is 0.938 bits per heavy atom. The van der Waals surface area contributed by atoms with Gasteiger partial charge in [0, 0.05) is 19.3 Å². The van der Waals surface area contributed by atoms with Gasteiger partial charge in [-0.15, -0.1) is 0 Å². The Hall–Kier alpha value is -4.13. The van der Waals surface area contributed by atoms with Crippen LogP contribution in [-0.4, -0.2) is 36.0 Å². The van der Waals surface area contributed by atoms with E-state index in [1.807, 2.05) is 55.5 Å². The molecule has 4 rings (SSSR count). The summed E-state index contributed by atoms with van der Waals surface area (Å²) < 4.78 is 0. The van der Waals surface area contributed by atoms with Crippen LogP contribution in [0.15, 0.2) is 78.9 Å². The first kappa shape index (κ1) is 21.1. The van der Waals surface area contributed by atoms with Gasteiger partial charge in [0.2, 0.25) is 0 Å². The van der Waals surface area contributed by atoms with Gasteiger partial charge in [-0.05, 0) is 42.3 Å². The molecule has 3 aromatic rings. The number of carbonyl (C=O) groups excluding carboxylic acids is 3. The molecule has 0 saturated carbocycles. The Labute approximate surface area is 186 Å². The molecule has 1 aliphatic rings. The lowest BCUT2D eigenvalue weighted by molar-refractivity contribution is -0.123. The number of hydrogen-bond donors (Lipinski definition) is 2. The zero-order chi connectivity index (χ0) is 22.7. The predicted octanol–water partition coefficient (Wildman–Crippen LogP) is 3.76. The average molecular weight is 428 g/mol. The largest absolute Gasteiger partial charge is 0.321 e. The molecule has 7 heteroatoms. The van der Waals surface area contributed by atoms with E-state index in [0.29, 0.717) is 16.9 Å². The zero-order valence-electron chi connectivity index (χ0n) is 17.9. The molecule has 4 amide bonds. The predicted molar refractivity (Wildman–Crippen MR) is 123 cm³/mol. The molecule has 3 aromatic carbocycles. The second-order valence-electron chi connectivity index (χ2n) is 7.70. The summed E-state index contributed by atoms with van der Waals surface area (Å²) in [7, 11) is 1.60. The number of urea groups is 1. The van der Waals surface area contributed by atoms with Gasteiger partial charge in [-0.2, -0.15) is 0 Å². The molecule has 1 unspecified atom stereocenters. The lowest BCUT2D eigenvalue weighted by Gasteiger charge is -2.30. The maximum atomic E-state index is 13.5. The summed E-state index contributed by atoms with van der Waals surface area (Å²) >= 11 is 0. The molecule has 1 aliphatic heterocycles. The number of carbonyl (C=O) groups is 3. The van der Waals surface area contributed by atoms with E-state index in [1.165, 1.54) is 9.80 Å². The standard InChI is InChI=1S/C25H24N4O3/c1-17-9-8-12-19(15-17)26-25(32)27-22-24(31)28(2)21-14-7-6-13-20(21)23(30)29(22)16-18-10-4-3-5-11-18/h3-15,22H,16H2,1-2H3,(H2,26,27,32). The van der Waals surface area contributed by atoms with E-state index in [2.05, 4.69) is 10.6 Å². The maximum Gasteiger partial charge on any atom is 0.321 e. The van der Waals surface area contributed by atoms with E-state index < -0.39 is 18.1 Å². The summed E-state index contributed by atoms with van der Waals surface area (Å²) in [5.41, 5.74) is 3.35. The minimum Gasteiger partial charge on any atom is -0.311 e. The highest BCUT2D eigenvalue weighted by molar-refractivity contribution is 6.11. The molecule has 1 heterocycles. The Bertz CT molecular complexity index is 1160. The monoisotopic (exact) mass is 428 g/mol. The lowest BCUT2D eigenvalue weighted by Crippen LogP contribution is -2.57. The molecular weight excluding hydrogens is 404 g/mol. The highest BCUT2D eigenvalue weighted by atomic mass is 16.2. The number of hydrogen-bond acceptors (Lipinski definition) is 3. The number of aryl methyl sites for hydroxylation is 1. The van der Waals surface area contributed by atoms with Crippen LogP contribution in [0.3, 0.4) is 0 Å². The van der Waals surface area contributed by atoms with Crippen LogP contribution in [0.5, 0.6) is 0 Å². The summed E-state index contributed by atoms with van der Waals surface area (Å²) in [6, 6.07) is 23.1. The van der Waals surface area contributed by atoms with Crippen LogP contribution in [0.1, 0.15) is 21.5 Å². The van der Waals surface area contributed by atoms with Crippen molar-refractivity contribution in [2.24, 2.45) is 0 Å². The SMILES string of the molecule is Cc1cccc(NC(=O)NC2C(=O)N(C)c3ccccc3C(=O)N2Cc2ccccc2)c1. The molecule has 1 atom stereocenters. The van der Waals surface area contributed by atoms with Crippen molar-refractivity contribution in [3.05, 3.63) is 95.6 Å². The smallest absolute Gasteiger partial charge is 0.311 e. The van der Waals surface area contributed by atoms with E-state index >= 15 is 0 Å². The fourth-order valence-electron chi connectivity index (χ4n) is 3.75. The van der Waals surface area contributed by atoms with Crippen molar-refractivity contribution in [3.8, 4) is 0 Å². The highest BCUT2D eigenvalue weighted by Gasteiger charge is 2.39. The number of fused-ring (bicyclic) bond motifs is 1. The van der Waals surface area contributed by atoms with E-state index in [9.17, 15) is 14.4 Å². The normalized spacial score (nSPS) is 15.8. The Morgan fingerprint density at radius 3 is 2.41 bits per heavy atom. The van der Waals surface area contributed by atoms with Gasteiger partial charge in [-0.1, -0.05) is 54.6 Å². The number of benzene rings is 3. The van der Waals surface area contributed by atoms with Crippen molar-refractivity contribution in [3.63, 3.8) is 0 Å². The lowest BCUT2D eigenvalue weighted by atomic mass is 10.1. The molecule has 0 fully saturated rings. The van der Waals surface area contributed by atoms with Crippen LogP contribution in [0.2, 0.25) is 0 Å². The summed E-state index contributed by atoms with van der Waals surface area (Å²) in [4.78, 5) is 42.5. The first-order valence-electron chi connectivity index (χ1n) is 10.3. The third-order valence-corrected chi connectivity index (χ3v) is 5.37. The third kappa shape index (κ3) is 4.32. The van der Waals surface area contributed by atoms with Crippen LogP contribution in [0.4, 0.5) is 16.2 Å². The number of nitrogens with zero attached hydrogens (tertiary/aromatic N) is 2. The van der Waals surface area contributed by atoms with Gasteiger partial charge < -0.3 is 20.4 Å². The van der Waals surface area contributed by atoms with Crippen LogP contribution >= 0.6 is 0 Å². The first-order chi connectivity index (χ1) is 15.4. The number of para-hydroxylation sites is 1. The fraction of sp³-hybridized carbons (Fsp3) is 0.160. The molecule has 0 spiro atoms. The topological polar surface area (TPSA) is 81.8 Å². The van der Waals surface area contributed by atoms with Crippen molar-refractivity contribution in [1.82, 2.24) is 10.2 Å². The minimum atomic E-state index is -1.18. The zero-order valence-corrected chi connectivity index (χ0v) is 17.9. The molecular formula is C25H24N4O3. The van der Waals surface area contributed by atoms with Crippen LogP contribution in [-0.2, 0) is 11.3 Å². The van der Waals surface area contributed by atoms with Crippen molar-refractivity contribution in [2.75, 3.05) is 17.3 Å². The second kappa shape index (κ2) is 8.93. The van der Waals surface area contributed by atoms with Crippen molar-refractivity contribution in [2.45, 2.75) is 19.6 Å². The number of amides is 4. The van der Waals surface area contributed by atoms with Gasteiger partial charge in [-0.25, -0.2) is 4.79 Å². The van der Waals surface area contributed by atoms with Crippen molar-refractivity contribution < 1.29 is 14.4 Å². The van der Waals surface area contributed by atoms with E-state index in [-0.39, 0.29) is 12.5 Å². The molecule has 7 nitrogen and oxygen atoms in total. The molecule has 0 saturated heterocycles. The van der Waals surface area contributed by atoms with E-state index in [0.717, 1.165) is 11.1 Å². The Balaban J connectivity index is 1.67. The van der Waals surface area contributed by atoms with Crippen LogP contribution in [0, 0.1) is 6.92 Å². The number of nitrogens with one attached hydrogen (secondary N) is 2. The minimum absolute atomic E-state index is 0.170. The third-order valence-electron chi connectivity index (χ3n) is 5.37. The number of rotatable bonds is 4. The van der Waals surface area contributed by atoms with Gasteiger partial charge in [0.05, 0.1) is 11.3 Å². The first-order valence-corrected chi connectivity index (χ1v) is 10.3. The van der Waals surface area contributed by atoms with E-state index in [4.69, 9.17) is 0 Å². The molecule has 32 heavy (non-hydrogen) atoms. The fourth-order valence-corrected chi connectivity index (χ4v) is 3.75. The Kier molecular flexibility index (Phi) is 5.89. The molecule has 0 radical (unpaired) electrons. The molecule has 2 N–H and O–H groups in total. The summed E-state index contributed by atoms with van der Waals surface area (Å²) in [5, 5.41) is 5.45. The average Bonchev–Trinajstić information content (AvgIpc) is 2.86. The van der Waals surface area contributed by atoms with Gasteiger partial charge in [0.15, 0.2) is 6.17 Å². The Morgan fingerprint density at radius 2 is 1.66 bits per heavy atom. The van der Waals surface area contributed by atoms with Gasteiger partial charge >= 0.3 is 6.03 Å². The van der Waals surface area contributed by atoms with Crippen molar-refractivity contribution >= 4 is 29.2 Å². The van der Waals surface area contributed by atoms with Gasteiger partial charge in [0.25, 0.3) is 11.8 Å². The van der Waals surface area contributed by atoms with Gasteiger partial charge in [-0.3, -0.25) is 9.59 Å². The maximum absolute atomic E-state index is 13.5. The van der Waals surface area contributed by atoms with Gasteiger partial charge in [0.1, 0.15) is 0 Å². The summed E-state index contributed by atoms with van der Waals surface area (Å²) in [5.74, 6) is -0.735. The molecule has 162 valence electrons. The molecule has 0 aliphatic carbocycles. The second-order valence-corrected chi connectivity index (χ2v) is 7.70. The quantitative estimate of drug-likeness (QED) is 0.664. The van der Waals surface area contributed by atoms with Crippen LogP contribution < -0.4 is 15.5 Å².